The molecule has 1 aromatic heterocycles. The number of anilines is 5. The molecule has 0 saturated heterocycles. The molecule has 0 fully saturated rings. The van der Waals surface area contributed by atoms with Gasteiger partial charge in [0, 0.05) is 62.7 Å². The lowest BCUT2D eigenvalue weighted by Crippen LogP contribution is -2.32. The van der Waals surface area contributed by atoms with Gasteiger partial charge >= 0.3 is 0 Å². The maximum Gasteiger partial charge on any atom is 0.253 e. The lowest BCUT2D eigenvalue weighted by Gasteiger charge is -2.19. The van der Waals surface area contributed by atoms with E-state index in [0.29, 0.717) is 31.1 Å². The van der Waals surface area contributed by atoms with E-state index in [0.717, 1.165) is 9.98 Å². The molecule has 0 unspecified atom stereocenters. The molecule has 36 heavy (non-hydrogen) atoms. The molecule has 0 radical (unpaired) electrons. The number of para-hydroxylation sites is 1. The van der Waals surface area contributed by atoms with E-state index in [1.54, 1.807) is 13.2 Å². The van der Waals surface area contributed by atoms with E-state index < -0.39 is 11.7 Å². The van der Waals surface area contributed by atoms with E-state index in [9.17, 15) is 14.0 Å². The molecule has 10 nitrogen and oxygen atoms in total. The number of carbonyl (C=O) groups is 2. The second kappa shape index (κ2) is 11.3. The summed E-state index contributed by atoms with van der Waals surface area (Å²) in [6, 6.07) is 11.1. The van der Waals surface area contributed by atoms with Crippen LogP contribution in [0.5, 0.6) is 0 Å². The second-order valence-electron chi connectivity index (χ2n) is 7.98. The molecule has 1 aliphatic rings. The second-order valence-corrected chi connectivity index (χ2v) is 8.32. The predicted octanol–water partition coefficient (Wildman–Crippen LogP) is 3.41. The van der Waals surface area contributed by atoms with Gasteiger partial charge in [0.2, 0.25) is 11.9 Å². The average Bonchev–Trinajstić information content (AvgIpc) is 3.03. The van der Waals surface area contributed by atoms with Crippen molar-refractivity contribution in [1.82, 2.24) is 20.2 Å². The first kappa shape index (κ1) is 25.3. The quantitative estimate of drug-likeness (QED) is 0.393. The zero-order chi connectivity index (χ0) is 25.7. The topological polar surface area (TPSA) is 112 Å². The van der Waals surface area contributed by atoms with Crippen LogP contribution >= 0.6 is 11.8 Å². The van der Waals surface area contributed by atoms with E-state index in [4.69, 9.17) is 16.5 Å². The first-order valence-corrected chi connectivity index (χ1v) is 11.4. The van der Waals surface area contributed by atoms with Crippen molar-refractivity contribution in [2.75, 3.05) is 48.9 Å². The van der Waals surface area contributed by atoms with Crippen molar-refractivity contribution in [3.63, 3.8) is 0 Å². The molecule has 2 amide bonds. The molecule has 3 aromatic rings. The summed E-state index contributed by atoms with van der Waals surface area (Å²) in [6.07, 6.45) is 1.46. The van der Waals surface area contributed by atoms with Gasteiger partial charge in [-0.1, -0.05) is 12.1 Å². The van der Waals surface area contributed by atoms with Crippen LogP contribution in [0.25, 0.3) is 0 Å². The van der Waals surface area contributed by atoms with E-state index in [1.165, 1.54) is 37.5 Å². The molecular weight excluding hydrogens is 489 g/mol. The first-order valence-electron chi connectivity index (χ1n) is 11.1. The standard InChI is InChI=1S/C24H25ClFN7O3/c1-27-23(35)17-4-3-5-18(26)22(17)33(25)20-8-9-28-24(31-20)29-16-7-6-15-13-32(10-11-36-2)14-21(34)30-19(15)12-16/h3-9,12H,10-11,13-14H2,1-2H3,(H,27,35)(H,30,34)(H,28,29,31). The van der Waals surface area contributed by atoms with Crippen molar-refractivity contribution in [2.24, 2.45) is 0 Å². The van der Waals surface area contributed by atoms with Crippen LogP contribution in [-0.4, -0.2) is 60.5 Å². The third-order valence-electron chi connectivity index (χ3n) is 5.51. The summed E-state index contributed by atoms with van der Waals surface area (Å²) in [5, 5.41) is 8.47. The Hall–Kier alpha value is -3.80. The summed E-state index contributed by atoms with van der Waals surface area (Å²) in [4.78, 5) is 35.2. The van der Waals surface area contributed by atoms with E-state index in [2.05, 4.69) is 25.9 Å². The van der Waals surface area contributed by atoms with Crippen molar-refractivity contribution in [1.29, 1.82) is 0 Å². The summed E-state index contributed by atoms with van der Waals surface area (Å²) in [7, 11) is 3.07. The Bertz CT molecular complexity index is 1280. The number of ether oxygens (including phenoxy) is 1. The number of hydrogen-bond acceptors (Lipinski definition) is 8. The lowest BCUT2D eigenvalue weighted by atomic mass is 10.1. The molecule has 0 saturated carbocycles. The number of amides is 2. The maximum absolute atomic E-state index is 14.6. The Morgan fingerprint density at radius 1 is 1.28 bits per heavy atom. The highest BCUT2D eigenvalue weighted by molar-refractivity contribution is 6.30. The van der Waals surface area contributed by atoms with Gasteiger partial charge in [-0.2, -0.15) is 4.98 Å². The monoisotopic (exact) mass is 513 g/mol. The number of nitrogens with zero attached hydrogens (tertiary/aromatic N) is 4. The van der Waals surface area contributed by atoms with Gasteiger partial charge in [-0.25, -0.2) is 13.8 Å². The highest BCUT2D eigenvalue weighted by atomic mass is 35.5. The normalized spacial score (nSPS) is 13.4. The van der Waals surface area contributed by atoms with Crippen LogP contribution in [0.2, 0.25) is 0 Å². The number of hydrogen-bond donors (Lipinski definition) is 3. The molecule has 3 N–H and O–H groups in total. The predicted molar refractivity (Wildman–Crippen MR) is 135 cm³/mol. The van der Waals surface area contributed by atoms with Crippen molar-refractivity contribution in [3.05, 3.63) is 65.6 Å². The van der Waals surface area contributed by atoms with Crippen LogP contribution < -0.4 is 20.4 Å². The van der Waals surface area contributed by atoms with Gasteiger partial charge in [-0.15, -0.1) is 0 Å². The minimum absolute atomic E-state index is 0.0571. The molecule has 0 atom stereocenters. The first-order chi connectivity index (χ1) is 17.4. The molecule has 0 spiro atoms. The van der Waals surface area contributed by atoms with Gasteiger partial charge in [0.1, 0.15) is 11.5 Å². The summed E-state index contributed by atoms with van der Waals surface area (Å²) in [5.41, 5.74) is 2.21. The van der Waals surface area contributed by atoms with Crippen LogP contribution in [0, 0.1) is 5.82 Å². The number of nitrogens with one attached hydrogen (secondary N) is 3. The van der Waals surface area contributed by atoms with E-state index in [1.807, 2.05) is 17.0 Å². The molecule has 2 aromatic carbocycles. The Morgan fingerprint density at radius 3 is 2.89 bits per heavy atom. The number of benzene rings is 2. The minimum Gasteiger partial charge on any atom is -0.383 e. The number of aromatic nitrogens is 2. The fourth-order valence-electron chi connectivity index (χ4n) is 3.77. The third kappa shape index (κ3) is 5.70. The molecule has 188 valence electrons. The van der Waals surface area contributed by atoms with Crippen LogP contribution in [0.3, 0.4) is 0 Å². The zero-order valence-electron chi connectivity index (χ0n) is 19.7. The van der Waals surface area contributed by atoms with Gasteiger partial charge in [-0.05, 0) is 29.8 Å². The van der Waals surface area contributed by atoms with Gasteiger partial charge in [0.15, 0.2) is 5.82 Å². The molecule has 1 aliphatic heterocycles. The number of carbonyl (C=O) groups excluding carboxylic acids is 2. The SMILES string of the molecule is CNC(=O)c1cccc(F)c1N(Cl)c1ccnc(Nc2ccc3c(c2)NC(=O)CN(CCOC)C3)n1. The number of methoxy groups -OCH3 is 1. The molecule has 0 bridgehead atoms. The summed E-state index contributed by atoms with van der Waals surface area (Å²) in [6.45, 7) is 2.04. The Balaban J connectivity index is 1.56. The van der Waals surface area contributed by atoms with Crippen LogP contribution in [0.15, 0.2) is 48.7 Å². The van der Waals surface area contributed by atoms with Crippen molar-refractivity contribution in [2.45, 2.75) is 6.54 Å². The fourth-order valence-corrected chi connectivity index (χ4v) is 4.04. The van der Waals surface area contributed by atoms with Gasteiger partial charge in [-0.3, -0.25) is 14.5 Å². The zero-order valence-corrected chi connectivity index (χ0v) is 20.5. The fraction of sp³-hybridized carbons (Fsp3) is 0.250. The number of fused-ring (bicyclic) bond motifs is 1. The smallest absolute Gasteiger partial charge is 0.253 e. The Kier molecular flexibility index (Phi) is 7.93. The molecule has 0 aliphatic carbocycles. The lowest BCUT2D eigenvalue weighted by molar-refractivity contribution is -0.117. The summed E-state index contributed by atoms with van der Waals surface area (Å²) < 4.78 is 20.7. The van der Waals surface area contributed by atoms with Crippen molar-refractivity contribution >= 4 is 52.4 Å². The van der Waals surface area contributed by atoms with Gasteiger partial charge in [0.05, 0.1) is 18.7 Å². The van der Waals surface area contributed by atoms with E-state index >= 15 is 0 Å². The van der Waals surface area contributed by atoms with Gasteiger partial charge in [0.25, 0.3) is 5.91 Å². The Labute approximate surface area is 212 Å². The van der Waals surface area contributed by atoms with Crippen molar-refractivity contribution in [3.8, 4) is 0 Å². The van der Waals surface area contributed by atoms with Crippen LogP contribution in [0.4, 0.5) is 33.2 Å². The maximum atomic E-state index is 14.6. The molecule has 12 heteroatoms. The van der Waals surface area contributed by atoms with E-state index in [-0.39, 0.29) is 35.5 Å². The summed E-state index contributed by atoms with van der Waals surface area (Å²) >= 11 is 6.43. The summed E-state index contributed by atoms with van der Waals surface area (Å²) in [5.74, 6) is -0.940. The van der Waals surface area contributed by atoms with Crippen molar-refractivity contribution < 1.29 is 18.7 Å². The van der Waals surface area contributed by atoms with Crippen LogP contribution in [-0.2, 0) is 16.1 Å². The number of rotatable bonds is 8. The average molecular weight is 514 g/mol. The third-order valence-corrected chi connectivity index (χ3v) is 5.85. The van der Waals surface area contributed by atoms with Gasteiger partial charge < -0.3 is 20.7 Å². The number of halogens is 2. The molecule has 2 heterocycles. The largest absolute Gasteiger partial charge is 0.383 e. The molecular formula is C24H25ClFN7O3. The highest BCUT2D eigenvalue weighted by Gasteiger charge is 2.22. The minimum atomic E-state index is -0.680. The highest BCUT2D eigenvalue weighted by Crippen LogP contribution is 2.33. The Morgan fingerprint density at radius 2 is 2.11 bits per heavy atom. The van der Waals surface area contributed by atoms with Crippen LogP contribution in [0.1, 0.15) is 15.9 Å². The molecule has 4 rings (SSSR count).